The molecule has 1 N–H and O–H groups in total. The van der Waals surface area contributed by atoms with E-state index in [0.29, 0.717) is 42.5 Å². The van der Waals surface area contributed by atoms with Gasteiger partial charge in [-0.05, 0) is 35.9 Å². The summed E-state index contributed by atoms with van der Waals surface area (Å²) in [6, 6.07) is 11.0. The predicted molar refractivity (Wildman–Crippen MR) is 89.2 cm³/mol. The minimum absolute atomic E-state index is 0.126. The molecule has 0 bridgehead atoms. The number of ether oxygens (including phenoxy) is 1. The van der Waals surface area contributed by atoms with Crippen LogP contribution in [0.1, 0.15) is 21.8 Å². The summed E-state index contributed by atoms with van der Waals surface area (Å²) in [5.41, 5.74) is 2.36. The first-order valence-corrected chi connectivity index (χ1v) is 8.07. The second kappa shape index (κ2) is 6.72. The van der Waals surface area contributed by atoms with E-state index < -0.39 is 0 Å². The quantitative estimate of drug-likeness (QED) is 0.767. The summed E-state index contributed by atoms with van der Waals surface area (Å²) in [6.45, 7) is 1.09. The Labute approximate surface area is 144 Å². The molecule has 0 aliphatic carbocycles. The number of hydrogen-bond donors (Lipinski definition) is 1. The molecule has 0 saturated carbocycles. The van der Waals surface area contributed by atoms with Crippen LogP contribution in [0.5, 0.6) is 5.75 Å². The van der Waals surface area contributed by atoms with Gasteiger partial charge in [0.2, 0.25) is 11.7 Å². The smallest absolute Gasteiger partial charge is 0.251 e. The standard InChI is InChI=1S/C18H16N4O3/c23-18(13-4-5-15-12(11-13)7-10-24-15)20-9-6-16-21-17(22-25-16)14-3-1-2-8-19-14/h1-5,8,11H,6-7,9-10H2,(H,20,23). The Morgan fingerprint density at radius 2 is 2.20 bits per heavy atom. The van der Waals surface area contributed by atoms with Crippen LogP contribution in [0.2, 0.25) is 0 Å². The fourth-order valence-corrected chi connectivity index (χ4v) is 2.67. The third-order valence-electron chi connectivity index (χ3n) is 3.94. The Morgan fingerprint density at radius 3 is 3.08 bits per heavy atom. The van der Waals surface area contributed by atoms with Crippen LogP contribution >= 0.6 is 0 Å². The molecule has 3 heterocycles. The molecule has 126 valence electrons. The molecule has 4 rings (SSSR count). The Kier molecular flexibility index (Phi) is 4.12. The number of benzene rings is 1. The molecule has 1 aliphatic rings. The fourth-order valence-electron chi connectivity index (χ4n) is 2.67. The van der Waals surface area contributed by atoms with Crippen molar-refractivity contribution < 1.29 is 14.1 Å². The van der Waals surface area contributed by atoms with Gasteiger partial charge in [0.05, 0.1) is 6.61 Å². The molecular weight excluding hydrogens is 320 g/mol. The lowest BCUT2D eigenvalue weighted by atomic mass is 10.1. The van der Waals surface area contributed by atoms with Crippen LogP contribution in [-0.2, 0) is 12.8 Å². The van der Waals surface area contributed by atoms with Crippen molar-refractivity contribution in [2.24, 2.45) is 0 Å². The Bertz CT molecular complexity index is 892. The zero-order valence-corrected chi connectivity index (χ0v) is 13.4. The van der Waals surface area contributed by atoms with Gasteiger partial charge < -0.3 is 14.6 Å². The number of aromatic nitrogens is 3. The van der Waals surface area contributed by atoms with E-state index in [-0.39, 0.29) is 5.91 Å². The van der Waals surface area contributed by atoms with Crippen molar-refractivity contribution in [3.8, 4) is 17.3 Å². The number of nitrogens with one attached hydrogen (secondary N) is 1. The lowest BCUT2D eigenvalue weighted by Gasteiger charge is -2.05. The highest BCUT2D eigenvalue weighted by molar-refractivity contribution is 5.94. The van der Waals surface area contributed by atoms with Crippen molar-refractivity contribution in [3.63, 3.8) is 0 Å². The van der Waals surface area contributed by atoms with Gasteiger partial charge in [0.1, 0.15) is 11.4 Å². The molecule has 1 amide bonds. The van der Waals surface area contributed by atoms with Gasteiger partial charge in [0, 0.05) is 31.1 Å². The van der Waals surface area contributed by atoms with Crippen molar-refractivity contribution in [3.05, 3.63) is 59.6 Å². The summed E-state index contributed by atoms with van der Waals surface area (Å²) < 4.78 is 10.6. The number of rotatable bonds is 5. The molecule has 0 atom stereocenters. The topological polar surface area (TPSA) is 90.1 Å². The van der Waals surface area contributed by atoms with Crippen LogP contribution in [0.4, 0.5) is 0 Å². The van der Waals surface area contributed by atoms with Crippen LogP contribution < -0.4 is 10.1 Å². The maximum Gasteiger partial charge on any atom is 0.251 e. The van der Waals surface area contributed by atoms with E-state index in [2.05, 4.69) is 20.4 Å². The fraction of sp³-hybridized carbons (Fsp3) is 0.222. The minimum atomic E-state index is -0.126. The van der Waals surface area contributed by atoms with Gasteiger partial charge >= 0.3 is 0 Å². The van der Waals surface area contributed by atoms with E-state index in [0.717, 1.165) is 17.7 Å². The van der Waals surface area contributed by atoms with Crippen LogP contribution in [0.15, 0.2) is 47.1 Å². The SMILES string of the molecule is O=C(NCCc1nc(-c2ccccn2)no1)c1ccc2c(c1)CCO2. The number of carbonyl (C=O) groups is 1. The van der Waals surface area contributed by atoms with E-state index in [9.17, 15) is 4.79 Å². The van der Waals surface area contributed by atoms with Crippen LogP contribution in [0.3, 0.4) is 0 Å². The lowest BCUT2D eigenvalue weighted by molar-refractivity contribution is 0.0953. The van der Waals surface area contributed by atoms with Crippen molar-refractivity contribution in [2.45, 2.75) is 12.8 Å². The first kappa shape index (κ1) is 15.3. The molecule has 2 aromatic heterocycles. The maximum atomic E-state index is 12.2. The highest BCUT2D eigenvalue weighted by atomic mass is 16.5. The first-order valence-electron chi connectivity index (χ1n) is 8.07. The minimum Gasteiger partial charge on any atom is -0.493 e. The molecular formula is C18H16N4O3. The zero-order valence-electron chi connectivity index (χ0n) is 13.4. The van der Waals surface area contributed by atoms with E-state index in [1.165, 1.54) is 0 Å². The number of nitrogens with zero attached hydrogens (tertiary/aromatic N) is 3. The predicted octanol–water partition coefficient (Wildman–Crippen LogP) is 2.04. The molecule has 0 fully saturated rings. The molecule has 1 aliphatic heterocycles. The van der Waals surface area contributed by atoms with E-state index in [1.807, 2.05) is 30.3 Å². The number of carbonyl (C=O) groups excluding carboxylic acids is 1. The second-order valence-corrected chi connectivity index (χ2v) is 5.65. The Hall–Kier alpha value is -3.22. The summed E-state index contributed by atoms with van der Waals surface area (Å²) >= 11 is 0. The van der Waals surface area contributed by atoms with E-state index >= 15 is 0 Å². The van der Waals surface area contributed by atoms with Gasteiger partial charge in [-0.15, -0.1) is 0 Å². The summed E-state index contributed by atoms with van der Waals surface area (Å²) in [4.78, 5) is 20.7. The molecule has 7 nitrogen and oxygen atoms in total. The van der Waals surface area contributed by atoms with Gasteiger partial charge in [-0.25, -0.2) is 0 Å². The summed E-state index contributed by atoms with van der Waals surface area (Å²) in [5, 5.41) is 6.77. The summed E-state index contributed by atoms with van der Waals surface area (Å²) in [5.74, 6) is 1.65. The van der Waals surface area contributed by atoms with Crippen LogP contribution in [0.25, 0.3) is 11.5 Å². The van der Waals surface area contributed by atoms with Crippen LogP contribution in [-0.4, -0.2) is 34.2 Å². The van der Waals surface area contributed by atoms with Gasteiger partial charge in [0.15, 0.2) is 0 Å². The highest BCUT2D eigenvalue weighted by Gasteiger charge is 2.15. The third-order valence-corrected chi connectivity index (χ3v) is 3.94. The molecule has 25 heavy (non-hydrogen) atoms. The molecule has 0 unspecified atom stereocenters. The molecule has 0 radical (unpaired) electrons. The number of amides is 1. The number of fused-ring (bicyclic) bond motifs is 1. The van der Waals surface area contributed by atoms with Gasteiger partial charge in [-0.2, -0.15) is 4.98 Å². The Balaban J connectivity index is 1.33. The Morgan fingerprint density at radius 1 is 1.24 bits per heavy atom. The average molecular weight is 336 g/mol. The second-order valence-electron chi connectivity index (χ2n) is 5.65. The van der Waals surface area contributed by atoms with Gasteiger partial charge in [-0.1, -0.05) is 11.2 Å². The van der Waals surface area contributed by atoms with E-state index in [4.69, 9.17) is 9.26 Å². The summed E-state index contributed by atoms with van der Waals surface area (Å²) in [6.07, 6.45) is 2.97. The molecule has 0 saturated heterocycles. The lowest BCUT2D eigenvalue weighted by Crippen LogP contribution is -2.25. The molecule has 7 heteroatoms. The molecule has 3 aromatic rings. The van der Waals surface area contributed by atoms with Crippen molar-refractivity contribution in [1.82, 2.24) is 20.4 Å². The third kappa shape index (κ3) is 3.35. The van der Waals surface area contributed by atoms with Gasteiger partial charge in [-0.3, -0.25) is 9.78 Å². The van der Waals surface area contributed by atoms with Gasteiger partial charge in [0.25, 0.3) is 5.91 Å². The normalized spacial score (nSPS) is 12.5. The zero-order chi connectivity index (χ0) is 17.1. The monoisotopic (exact) mass is 336 g/mol. The van der Waals surface area contributed by atoms with E-state index in [1.54, 1.807) is 12.3 Å². The summed E-state index contributed by atoms with van der Waals surface area (Å²) in [7, 11) is 0. The molecule has 0 spiro atoms. The highest BCUT2D eigenvalue weighted by Crippen LogP contribution is 2.25. The maximum absolute atomic E-state index is 12.2. The molecule has 1 aromatic carbocycles. The largest absolute Gasteiger partial charge is 0.493 e. The number of pyridine rings is 1. The number of hydrogen-bond acceptors (Lipinski definition) is 6. The van der Waals surface area contributed by atoms with Crippen LogP contribution in [0, 0.1) is 0 Å². The van der Waals surface area contributed by atoms with Crippen molar-refractivity contribution in [2.75, 3.05) is 13.2 Å². The van der Waals surface area contributed by atoms with Crippen molar-refractivity contribution >= 4 is 5.91 Å². The first-order chi connectivity index (χ1) is 12.3. The average Bonchev–Trinajstić information content (AvgIpc) is 3.31. The van der Waals surface area contributed by atoms with Crippen molar-refractivity contribution in [1.29, 1.82) is 0 Å².